The van der Waals surface area contributed by atoms with Crippen LogP contribution < -0.4 is 10.1 Å². The average molecular weight is 315 g/mol. The number of amides is 1. The molecule has 4 atom stereocenters. The molecule has 2 N–H and O–H groups in total. The van der Waals surface area contributed by atoms with Gasteiger partial charge in [-0.05, 0) is 42.4 Å². The summed E-state index contributed by atoms with van der Waals surface area (Å²) in [5, 5.41) is 12.3. The standard InChI is InChI=1S/C18H21NO4/c1-23-14-6-2-11(3-7-14)8-9-19-17(20)15-12-4-5-13(10-12)16(15)18(21)22/h2-7,12-13,15-16H,8-10H2,1H3,(H,19,20)(H,21,22)/t12-,13-,15-,16-/m0/s1. The molecule has 1 amide bonds. The summed E-state index contributed by atoms with van der Waals surface area (Å²) < 4.78 is 5.11. The van der Waals surface area contributed by atoms with Gasteiger partial charge in [-0.1, -0.05) is 24.3 Å². The van der Waals surface area contributed by atoms with E-state index in [9.17, 15) is 14.7 Å². The van der Waals surface area contributed by atoms with Crippen molar-refractivity contribution < 1.29 is 19.4 Å². The third-order valence-electron chi connectivity index (χ3n) is 4.92. The second kappa shape index (κ2) is 6.44. The molecule has 0 radical (unpaired) electrons. The van der Waals surface area contributed by atoms with Gasteiger partial charge in [0.05, 0.1) is 18.9 Å². The van der Waals surface area contributed by atoms with E-state index in [4.69, 9.17) is 4.74 Å². The molecule has 2 aliphatic rings. The van der Waals surface area contributed by atoms with Gasteiger partial charge in [0.15, 0.2) is 0 Å². The highest BCUT2D eigenvalue weighted by atomic mass is 16.5. The van der Waals surface area contributed by atoms with Gasteiger partial charge in [0, 0.05) is 6.54 Å². The summed E-state index contributed by atoms with van der Waals surface area (Å²) in [4.78, 5) is 23.8. The summed E-state index contributed by atoms with van der Waals surface area (Å²) in [6, 6.07) is 7.70. The highest BCUT2D eigenvalue weighted by Gasteiger charge is 2.51. The second-order valence-electron chi connectivity index (χ2n) is 6.23. The predicted octanol–water partition coefficient (Wildman–Crippen LogP) is 1.88. The number of nitrogens with one attached hydrogen (secondary N) is 1. The fraction of sp³-hybridized carbons (Fsp3) is 0.444. The normalized spacial score (nSPS) is 27.9. The smallest absolute Gasteiger partial charge is 0.307 e. The van der Waals surface area contributed by atoms with E-state index in [2.05, 4.69) is 5.32 Å². The number of carboxylic acid groups (broad SMARTS) is 1. The van der Waals surface area contributed by atoms with Crippen molar-refractivity contribution in [1.82, 2.24) is 5.32 Å². The van der Waals surface area contributed by atoms with Crippen molar-refractivity contribution in [2.75, 3.05) is 13.7 Å². The van der Waals surface area contributed by atoms with Gasteiger partial charge >= 0.3 is 5.97 Å². The Morgan fingerprint density at radius 1 is 1.17 bits per heavy atom. The molecule has 1 fully saturated rings. The maximum atomic E-state index is 12.4. The molecule has 1 saturated carbocycles. The number of carbonyl (C=O) groups excluding carboxylic acids is 1. The van der Waals surface area contributed by atoms with Crippen molar-refractivity contribution >= 4 is 11.9 Å². The third kappa shape index (κ3) is 3.09. The van der Waals surface area contributed by atoms with Gasteiger partial charge in [-0.15, -0.1) is 0 Å². The van der Waals surface area contributed by atoms with Crippen LogP contribution in [0.1, 0.15) is 12.0 Å². The molecule has 0 aromatic heterocycles. The molecule has 1 aromatic rings. The van der Waals surface area contributed by atoms with E-state index in [1.54, 1.807) is 7.11 Å². The van der Waals surface area contributed by atoms with Gasteiger partial charge in [-0.2, -0.15) is 0 Å². The first kappa shape index (κ1) is 15.6. The molecule has 0 heterocycles. The molecular formula is C18H21NO4. The van der Waals surface area contributed by atoms with Gasteiger partial charge in [0.25, 0.3) is 0 Å². The zero-order valence-corrected chi connectivity index (χ0v) is 13.1. The van der Waals surface area contributed by atoms with Crippen LogP contribution in [0.3, 0.4) is 0 Å². The molecule has 2 bridgehead atoms. The van der Waals surface area contributed by atoms with Crippen LogP contribution in [0, 0.1) is 23.7 Å². The molecule has 5 heteroatoms. The Morgan fingerprint density at radius 2 is 1.83 bits per heavy atom. The quantitative estimate of drug-likeness (QED) is 0.786. The van der Waals surface area contributed by atoms with E-state index >= 15 is 0 Å². The van der Waals surface area contributed by atoms with Crippen LogP contribution in [0.15, 0.2) is 36.4 Å². The summed E-state index contributed by atoms with van der Waals surface area (Å²) in [5.41, 5.74) is 1.11. The minimum absolute atomic E-state index is 0.00911. The fourth-order valence-corrected chi connectivity index (χ4v) is 3.76. The molecule has 0 aliphatic heterocycles. The van der Waals surface area contributed by atoms with Crippen molar-refractivity contribution in [2.24, 2.45) is 23.7 Å². The number of ether oxygens (including phenoxy) is 1. The van der Waals surface area contributed by atoms with Gasteiger partial charge in [0.1, 0.15) is 5.75 Å². The van der Waals surface area contributed by atoms with Crippen molar-refractivity contribution in [2.45, 2.75) is 12.8 Å². The van der Waals surface area contributed by atoms with Crippen molar-refractivity contribution in [1.29, 1.82) is 0 Å². The summed E-state index contributed by atoms with van der Waals surface area (Å²) in [7, 11) is 1.62. The Labute approximate surface area is 135 Å². The molecule has 122 valence electrons. The van der Waals surface area contributed by atoms with E-state index in [-0.39, 0.29) is 17.7 Å². The lowest BCUT2D eigenvalue weighted by Gasteiger charge is -2.23. The van der Waals surface area contributed by atoms with E-state index in [0.29, 0.717) is 13.0 Å². The highest BCUT2D eigenvalue weighted by Crippen LogP contribution is 2.48. The Balaban J connectivity index is 1.54. The van der Waals surface area contributed by atoms with Crippen LogP contribution in [0.25, 0.3) is 0 Å². The Bertz CT molecular complexity index is 622. The monoisotopic (exact) mass is 315 g/mol. The lowest BCUT2D eigenvalue weighted by Crippen LogP contribution is -2.40. The minimum atomic E-state index is -0.864. The maximum Gasteiger partial charge on any atom is 0.307 e. The minimum Gasteiger partial charge on any atom is -0.497 e. The van der Waals surface area contributed by atoms with Crippen molar-refractivity contribution in [3.05, 3.63) is 42.0 Å². The van der Waals surface area contributed by atoms with Gasteiger partial charge in [-0.3, -0.25) is 9.59 Å². The number of methoxy groups -OCH3 is 1. The molecular weight excluding hydrogens is 294 g/mol. The van der Waals surface area contributed by atoms with E-state index in [0.717, 1.165) is 17.7 Å². The highest BCUT2D eigenvalue weighted by molar-refractivity contribution is 5.86. The lowest BCUT2D eigenvalue weighted by molar-refractivity contribution is -0.147. The van der Waals surface area contributed by atoms with Crippen molar-refractivity contribution in [3.63, 3.8) is 0 Å². The number of hydrogen-bond acceptors (Lipinski definition) is 3. The Hall–Kier alpha value is -2.30. The average Bonchev–Trinajstić information content (AvgIpc) is 3.16. The van der Waals surface area contributed by atoms with E-state index < -0.39 is 17.8 Å². The number of hydrogen-bond donors (Lipinski definition) is 2. The van der Waals surface area contributed by atoms with Crippen LogP contribution >= 0.6 is 0 Å². The predicted molar refractivity (Wildman–Crippen MR) is 85.1 cm³/mol. The molecule has 3 rings (SSSR count). The van der Waals surface area contributed by atoms with Gasteiger partial charge in [0.2, 0.25) is 5.91 Å². The van der Waals surface area contributed by atoms with Crippen LogP contribution in [0.2, 0.25) is 0 Å². The van der Waals surface area contributed by atoms with Gasteiger partial charge in [-0.25, -0.2) is 0 Å². The number of benzene rings is 1. The zero-order valence-electron chi connectivity index (χ0n) is 13.1. The molecule has 23 heavy (non-hydrogen) atoms. The topological polar surface area (TPSA) is 75.6 Å². The number of fused-ring (bicyclic) bond motifs is 2. The van der Waals surface area contributed by atoms with E-state index in [1.165, 1.54) is 0 Å². The molecule has 0 spiro atoms. The second-order valence-corrected chi connectivity index (χ2v) is 6.23. The first-order valence-electron chi connectivity index (χ1n) is 7.92. The zero-order chi connectivity index (χ0) is 16.4. The van der Waals surface area contributed by atoms with E-state index in [1.807, 2.05) is 36.4 Å². The fourth-order valence-electron chi connectivity index (χ4n) is 3.76. The van der Waals surface area contributed by atoms with Crippen LogP contribution in [0.5, 0.6) is 5.75 Å². The first-order valence-corrected chi connectivity index (χ1v) is 7.92. The summed E-state index contributed by atoms with van der Waals surface area (Å²) >= 11 is 0. The maximum absolute atomic E-state index is 12.4. The van der Waals surface area contributed by atoms with Crippen LogP contribution in [-0.4, -0.2) is 30.6 Å². The summed E-state index contributed by atoms with van der Waals surface area (Å²) in [5.74, 6) is -1.13. The van der Waals surface area contributed by atoms with Gasteiger partial charge < -0.3 is 15.2 Å². The third-order valence-corrected chi connectivity index (χ3v) is 4.92. The number of allylic oxidation sites excluding steroid dienone is 2. The molecule has 2 aliphatic carbocycles. The van der Waals surface area contributed by atoms with Crippen LogP contribution in [0.4, 0.5) is 0 Å². The molecule has 0 unspecified atom stereocenters. The number of carboxylic acids is 1. The van der Waals surface area contributed by atoms with Crippen LogP contribution in [-0.2, 0) is 16.0 Å². The lowest BCUT2D eigenvalue weighted by atomic mass is 9.82. The first-order chi connectivity index (χ1) is 11.1. The molecule has 0 saturated heterocycles. The van der Waals surface area contributed by atoms with Crippen molar-refractivity contribution in [3.8, 4) is 5.75 Å². The SMILES string of the molecule is COc1ccc(CCNC(=O)[C@@H]2[C@@H](C(=O)O)[C@H]3C=C[C@H]2C3)cc1. The number of carbonyl (C=O) groups is 2. The number of aliphatic carboxylic acids is 1. The summed E-state index contributed by atoms with van der Waals surface area (Å²) in [6.07, 6.45) is 5.44. The molecule has 1 aromatic carbocycles. The Morgan fingerprint density at radius 3 is 2.43 bits per heavy atom. The number of rotatable bonds is 6. The molecule has 5 nitrogen and oxygen atoms in total. The largest absolute Gasteiger partial charge is 0.497 e. The summed E-state index contributed by atoms with van der Waals surface area (Å²) in [6.45, 7) is 0.509. The Kier molecular flexibility index (Phi) is 4.37.